The lowest BCUT2D eigenvalue weighted by molar-refractivity contribution is -0.862. The highest BCUT2D eigenvalue weighted by atomic mass is 79.9. The zero-order valence-corrected chi connectivity index (χ0v) is 15.3. The van der Waals surface area contributed by atoms with E-state index in [0.29, 0.717) is 0 Å². The van der Waals surface area contributed by atoms with Gasteiger partial charge in [-0.2, -0.15) is 0 Å². The van der Waals surface area contributed by atoms with Crippen molar-refractivity contribution < 1.29 is 14.5 Å². The molecule has 0 aliphatic rings. The van der Waals surface area contributed by atoms with Crippen LogP contribution in [0.15, 0.2) is 53.0 Å². The summed E-state index contributed by atoms with van der Waals surface area (Å²) in [5, 5.41) is 5.68. The number of para-hydroxylation sites is 1. The maximum atomic E-state index is 12.1. The lowest BCUT2D eigenvalue weighted by atomic mass is 10.2. The normalized spacial score (nSPS) is 11.6. The fourth-order valence-corrected chi connectivity index (χ4v) is 2.68. The third-order valence-electron chi connectivity index (χ3n) is 3.37. The number of hydrogen-bond acceptors (Lipinski definition) is 2. The third kappa shape index (κ3) is 5.79. The summed E-state index contributed by atoms with van der Waals surface area (Å²) in [4.78, 5) is 24.9. The van der Waals surface area contributed by atoms with Crippen LogP contribution in [0.2, 0.25) is 0 Å². The molecule has 1 atom stereocenters. The SMILES string of the molecule is Cc1cccc(NC(=O)C[NH+](C)CC(=O)Nc2ccccc2Br)c1. The second-order valence-corrected chi connectivity index (χ2v) is 6.61. The van der Waals surface area contributed by atoms with E-state index in [1.165, 1.54) is 0 Å². The molecule has 2 aromatic carbocycles. The second kappa shape index (κ2) is 8.61. The van der Waals surface area contributed by atoms with Crippen molar-refractivity contribution in [3.8, 4) is 0 Å². The van der Waals surface area contributed by atoms with Crippen molar-refractivity contribution in [2.45, 2.75) is 6.92 Å². The summed E-state index contributed by atoms with van der Waals surface area (Å²) in [6.07, 6.45) is 0. The molecule has 3 N–H and O–H groups in total. The predicted molar refractivity (Wildman–Crippen MR) is 99.2 cm³/mol. The van der Waals surface area contributed by atoms with E-state index in [-0.39, 0.29) is 24.9 Å². The zero-order valence-electron chi connectivity index (χ0n) is 13.7. The quantitative estimate of drug-likeness (QED) is 0.704. The molecule has 0 bridgehead atoms. The number of carbonyl (C=O) groups is 2. The molecule has 0 fully saturated rings. The van der Waals surface area contributed by atoms with Gasteiger partial charge in [0.2, 0.25) is 0 Å². The number of amides is 2. The van der Waals surface area contributed by atoms with Crippen LogP contribution in [0, 0.1) is 6.92 Å². The van der Waals surface area contributed by atoms with Crippen LogP contribution in [0.5, 0.6) is 0 Å². The number of anilines is 2. The Morgan fingerprint density at radius 3 is 2.33 bits per heavy atom. The highest BCUT2D eigenvalue weighted by molar-refractivity contribution is 9.10. The van der Waals surface area contributed by atoms with E-state index in [2.05, 4.69) is 26.6 Å². The third-order valence-corrected chi connectivity index (χ3v) is 4.07. The van der Waals surface area contributed by atoms with Crippen LogP contribution in [-0.2, 0) is 9.59 Å². The van der Waals surface area contributed by atoms with Gasteiger partial charge in [0, 0.05) is 10.2 Å². The molecule has 0 heterocycles. The number of carbonyl (C=O) groups excluding carboxylic acids is 2. The summed E-state index contributed by atoms with van der Waals surface area (Å²) in [7, 11) is 1.81. The van der Waals surface area contributed by atoms with Crippen LogP contribution >= 0.6 is 15.9 Å². The maximum absolute atomic E-state index is 12.1. The van der Waals surface area contributed by atoms with Crippen molar-refractivity contribution in [1.29, 1.82) is 0 Å². The van der Waals surface area contributed by atoms with Gasteiger partial charge in [-0.05, 0) is 52.7 Å². The van der Waals surface area contributed by atoms with Crippen molar-refractivity contribution in [1.82, 2.24) is 0 Å². The van der Waals surface area contributed by atoms with E-state index >= 15 is 0 Å². The molecule has 2 rings (SSSR count). The van der Waals surface area contributed by atoms with Gasteiger partial charge >= 0.3 is 0 Å². The highest BCUT2D eigenvalue weighted by Gasteiger charge is 2.15. The van der Waals surface area contributed by atoms with Crippen molar-refractivity contribution in [3.63, 3.8) is 0 Å². The first-order chi connectivity index (χ1) is 11.4. The predicted octanol–water partition coefficient (Wildman–Crippen LogP) is 1.85. The van der Waals surface area contributed by atoms with Crippen LogP contribution in [0.4, 0.5) is 11.4 Å². The van der Waals surface area contributed by atoms with E-state index in [0.717, 1.165) is 26.3 Å². The van der Waals surface area contributed by atoms with Crippen molar-refractivity contribution in [2.24, 2.45) is 0 Å². The molecule has 0 aliphatic heterocycles. The lowest BCUT2D eigenvalue weighted by Crippen LogP contribution is -3.11. The van der Waals surface area contributed by atoms with Gasteiger partial charge < -0.3 is 15.5 Å². The first-order valence-electron chi connectivity index (χ1n) is 7.66. The molecule has 2 aromatic rings. The van der Waals surface area contributed by atoms with E-state index in [4.69, 9.17) is 0 Å². The Morgan fingerprint density at radius 2 is 1.67 bits per heavy atom. The molecule has 2 amide bonds. The number of halogens is 1. The van der Waals surface area contributed by atoms with E-state index in [9.17, 15) is 9.59 Å². The average Bonchev–Trinajstić information content (AvgIpc) is 2.49. The van der Waals surface area contributed by atoms with Crippen LogP contribution in [0.3, 0.4) is 0 Å². The Kier molecular flexibility index (Phi) is 6.52. The minimum atomic E-state index is -0.136. The van der Waals surface area contributed by atoms with E-state index < -0.39 is 0 Å². The van der Waals surface area contributed by atoms with Crippen molar-refractivity contribution in [2.75, 3.05) is 30.8 Å². The molecule has 0 radical (unpaired) electrons. The van der Waals surface area contributed by atoms with Crippen molar-refractivity contribution in [3.05, 3.63) is 58.6 Å². The van der Waals surface area contributed by atoms with Gasteiger partial charge in [-0.3, -0.25) is 9.59 Å². The summed E-state index contributed by atoms with van der Waals surface area (Å²) in [6, 6.07) is 15.0. The molecule has 1 unspecified atom stereocenters. The monoisotopic (exact) mass is 390 g/mol. The average molecular weight is 391 g/mol. The summed E-state index contributed by atoms with van der Waals surface area (Å²) >= 11 is 3.39. The van der Waals surface area contributed by atoms with Gasteiger partial charge in [-0.1, -0.05) is 24.3 Å². The summed E-state index contributed by atoms with van der Waals surface area (Å²) in [5.74, 6) is -0.255. The highest BCUT2D eigenvalue weighted by Crippen LogP contribution is 2.20. The van der Waals surface area contributed by atoms with Gasteiger partial charge in [-0.15, -0.1) is 0 Å². The van der Waals surface area contributed by atoms with Crippen molar-refractivity contribution >= 4 is 39.1 Å². The van der Waals surface area contributed by atoms with E-state index in [1.807, 2.05) is 62.5 Å². The number of nitrogens with one attached hydrogen (secondary N) is 3. The Bertz CT molecular complexity index is 734. The van der Waals surface area contributed by atoms with Crippen LogP contribution in [0.25, 0.3) is 0 Å². The molecular weight excluding hydrogens is 370 g/mol. The largest absolute Gasteiger partial charge is 0.322 e. The number of hydrogen-bond donors (Lipinski definition) is 3. The topological polar surface area (TPSA) is 62.6 Å². The van der Waals surface area contributed by atoms with Gasteiger partial charge in [-0.25, -0.2) is 0 Å². The molecule has 0 saturated carbocycles. The van der Waals surface area contributed by atoms with Gasteiger partial charge in [0.1, 0.15) is 0 Å². The number of benzene rings is 2. The van der Waals surface area contributed by atoms with Gasteiger partial charge in [0.25, 0.3) is 11.8 Å². The first-order valence-corrected chi connectivity index (χ1v) is 8.45. The maximum Gasteiger partial charge on any atom is 0.279 e. The number of aryl methyl sites for hydroxylation is 1. The number of quaternary nitrogens is 1. The Labute approximate surface area is 150 Å². The Hall–Kier alpha value is -2.18. The molecule has 0 spiro atoms. The second-order valence-electron chi connectivity index (χ2n) is 5.76. The smallest absolute Gasteiger partial charge is 0.279 e. The molecule has 0 aromatic heterocycles. The lowest BCUT2D eigenvalue weighted by Gasteiger charge is -2.14. The summed E-state index contributed by atoms with van der Waals surface area (Å²) in [6.45, 7) is 2.40. The van der Waals surface area contributed by atoms with Gasteiger partial charge in [0.15, 0.2) is 13.1 Å². The molecule has 126 valence electrons. The van der Waals surface area contributed by atoms with Gasteiger partial charge in [0.05, 0.1) is 12.7 Å². The molecule has 5 nitrogen and oxygen atoms in total. The molecule has 0 aliphatic carbocycles. The first kappa shape index (κ1) is 18.2. The van der Waals surface area contributed by atoms with Crippen LogP contribution in [-0.4, -0.2) is 32.0 Å². The standard InChI is InChI=1S/C18H20BrN3O2/c1-13-6-5-7-14(10-13)20-17(23)11-22(2)12-18(24)21-16-9-4-3-8-15(16)19/h3-10H,11-12H2,1-2H3,(H,20,23)(H,21,24)/p+1. The number of rotatable bonds is 6. The number of likely N-dealkylation sites (N-methyl/N-ethyl adjacent to an activating group) is 1. The van der Waals surface area contributed by atoms with Crippen LogP contribution in [0.1, 0.15) is 5.56 Å². The molecule has 24 heavy (non-hydrogen) atoms. The fourth-order valence-electron chi connectivity index (χ4n) is 2.30. The fraction of sp³-hybridized carbons (Fsp3) is 0.222. The summed E-state index contributed by atoms with van der Waals surface area (Å²) in [5.41, 5.74) is 2.58. The Morgan fingerprint density at radius 1 is 1.00 bits per heavy atom. The molecule has 0 saturated heterocycles. The Balaban J connectivity index is 1.81. The minimum absolute atomic E-state index is 0.119. The zero-order chi connectivity index (χ0) is 17.5. The summed E-state index contributed by atoms with van der Waals surface area (Å²) < 4.78 is 0.827. The van der Waals surface area contributed by atoms with Crippen LogP contribution < -0.4 is 15.5 Å². The molecule has 6 heteroatoms. The minimum Gasteiger partial charge on any atom is -0.322 e. The molecular formula is C18H21BrN3O2+. The van der Waals surface area contributed by atoms with E-state index in [1.54, 1.807) is 0 Å².